The van der Waals surface area contributed by atoms with Crippen LogP contribution < -0.4 is 5.32 Å². The van der Waals surface area contributed by atoms with Crippen LogP contribution in [0.3, 0.4) is 0 Å². The summed E-state index contributed by atoms with van der Waals surface area (Å²) in [5, 5.41) is 2.76. The molecule has 0 radical (unpaired) electrons. The van der Waals surface area contributed by atoms with Gasteiger partial charge in [-0.3, -0.25) is 14.6 Å². The van der Waals surface area contributed by atoms with E-state index in [2.05, 4.69) is 10.3 Å². The van der Waals surface area contributed by atoms with Crippen LogP contribution in [0.1, 0.15) is 15.9 Å². The number of hydrogen-bond acceptors (Lipinski definition) is 3. The highest BCUT2D eigenvalue weighted by atomic mass is 16.2. The highest BCUT2D eigenvalue weighted by molar-refractivity contribution is 5.99. The Balaban J connectivity index is 1.93. The third-order valence-corrected chi connectivity index (χ3v) is 2.99. The normalized spacial score (nSPS) is 10.0. The Labute approximate surface area is 123 Å². The van der Waals surface area contributed by atoms with Gasteiger partial charge in [0.1, 0.15) is 0 Å². The summed E-state index contributed by atoms with van der Waals surface area (Å²) in [5.74, 6) is -0.444. The van der Waals surface area contributed by atoms with Gasteiger partial charge in [-0.25, -0.2) is 0 Å². The Kier molecular flexibility index (Phi) is 4.66. The molecule has 108 valence electrons. The van der Waals surface area contributed by atoms with Crippen LogP contribution in [-0.2, 0) is 4.79 Å². The van der Waals surface area contributed by atoms with Crippen molar-refractivity contribution in [2.75, 3.05) is 18.9 Å². The van der Waals surface area contributed by atoms with E-state index in [1.54, 1.807) is 31.6 Å². The summed E-state index contributed by atoms with van der Waals surface area (Å²) in [6, 6.07) is 10.7. The minimum atomic E-state index is -0.233. The molecule has 0 saturated heterocycles. The van der Waals surface area contributed by atoms with Gasteiger partial charge in [0.15, 0.2) is 0 Å². The van der Waals surface area contributed by atoms with Gasteiger partial charge in [0.25, 0.3) is 5.91 Å². The summed E-state index contributed by atoms with van der Waals surface area (Å²) in [6.45, 7) is 1.97. The van der Waals surface area contributed by atoms with Gasteiger partial charge in [0, 0.05) is 30.7 Å². The molecule has 0 aliphatic rings. The fraction of sp³-hybridized carbons (Fsp3) is 0.188. The van der Waals surface area contributed by atoms with Crippen LogP contribution in [0.15, 0.2) is 48.8 Å². The molecule has 2 aromatic rings. The predicted molar refractivity (Wildman–Crippen MR) is 81.0 cm³/mol. The van der Waals surface area contributed by atoms with Crippen molar-refractivity contribution in [2.24, 2.45) is 0 Å². The van der Waals surface area contributed by atoms with Gasteiger partial charge in [-0.15, -0.1) is 0 Å². The van der Waals surface area contributed by atoms with Crippen molar-refractivity contribution >= 4 is 17.5 Å². The number of hydrogen-bond donors (Lipinski definition) is 1. The molecule has 5 heteroatoms. The van der Waals surface area contributed by atoms with E-state index in [4.69, 9.17) is 0 Å². The molecular formula is C16H17N3O2. The fourth-order valence-electron chi connectivity index (χ4n) is 1.84. The zero-order chi connectivity index (χ0) is 15.2. The molecule has 1 aromatic heterocycles. The molecule has 0 fully saturated rings. The Morgan fingerprint density at radius 2 is 1.71 bits per heavy atom. The van der Waals surface area contributed by atoms with E-state index in [9.17, 15) is 9.59 Å². The van der Waals surface area contributed by atoms with Crippen LogP contribution >= 0.6 is 0 Å². The van der Waals surface area contributed by atoms with Gasteiger partial charge in [-0.05, 0) is 31.2 Å². The van der Waals surface area contributed by atoms with E-state index in [1.165, 1.54) is 4.90 Å². The minimum absolute atomic E-state index is 0.00493. The lowest BCUT2D eigenvalue weighted by Crippen LogP contribution is -2.34. The van der Waals surface area contributed by atoms with Crippen molar-refractivity contribution in [3.63, 3.8) is 0 Å². The molecule has 1 heterocycles. The van der Waals surface area contributed by atoms with E-state index in [1.807, 2.05) is 31.2 Å². The van der Waals surface area contributed by atoms with Gasteiger partial charge in [0.05, 0.1) is 6.54 Å². The second-order valence-corrected chi connectivity index (χ2v) is 4.81. The molecule has 0 aliphatic heterocycles. The fourth-order valence-corrected chi connectivity index (χ4v) is 1.84. The molecule has 2 rings (SSSR count). The minimum Gasteiger partial charge on any atom is -0.332 e. The average Bonchev–Trinajstić information content (AvgIpc) is 2.49. The lowest BCUT2D eigenvalue weighted by Gasteiger charge is -2.16. The van der Waals surface area contributed by atoms with Gasteiger partial charge in [-0.1, -0.05) is 17.7 Å². The zero-order valence-electron chi connectivity index (χ0n) is 12.0. The van der Waals surface area contributed by atoms with Crippen LogP contribution in [-0.4, -0.2) is 35.3 Å². The first kappa shape index (κ1) is 14.7. The summed E-state index contributed by atoms with van der Waals surface area (Å²) in [5.41, 5.74) is 2.35. The van der Waals surface area contributed by atoms with Crippen molar-refractivity contribution in [1.82, 2.24) is 9.88 Å². The summed E-state index contributed by atoms with van der Waals surface area (Å²) in [6.07, 6.45) is 3.10. The summed E-state index contributed by atoms with van der Waals surface area (Å²) in [4.78, 5) is 29.3. The summed E-state index contributed by atoms with van der Waals surface area (Å²) >= 11 is 0. The van der Waals surface area contributed by atoms with E-state index < -0.39 is 0 Å². The molecule has 0 aliphatic carbocycles. The monoisotopic (exact) mass is 283 g/mol. The van der Waals surface area contributed by atoms with Crippen molar-refractivity contribution in [1.29, 1.82) is 0 Å². The lowest BCUT2D eigenvalue weighted by atomic mass is 10.2. The number of nitrogens with zero attached hydrogens (tertiary/aromatic N) is 2. The molecular weight excluding hydrogens is 266 g/mol. The first-order valence-corrected chi connectivity index (χ1v) is 6.58. The third-order valence-electron chi connectivity index (χ3n) is 2.99. The van der Waals surface area contributed by atoms with Crippen molar-refractivity contribution in [3.8, 4) is 0 Å². The topological polar surface area (TPSA) is 62.3 Å². The Morgan fingerprint density at radius 3 is 2.33 bits per heavy atom. The third kappa shape index (κ3) is 4.14. The molecule has 21 heavy (non-hydrogen) atoms. The van der Waals surface area contributed by atoms with Gasteiger partial charge < -0.3 is 10.2 Å². The van der Waals surface area contributed by atoms with Crippen LogP contribution in [0.2, 0.25) is 0 Å². The van der Waals surface area contributed by atoms with Gasteiger partial charge in [-0.2, -0.15) is 0 Å². The molecule has 0 spiro atoms. The molecule has 0 saturated carbocycles. The van der Waals surface area contributed by atoms with E-state index in [0.29, 0.717) is 5.56 Å². The number of anilines is 1. The van der Waals surface area contributed by atoms with Crippen molar-refractivity contribution in [3.05, 3.63) is 59.9 Å². The van der Waals surface area contributed by atoms with Crippen LogP contribution in [0, 0.1) is 6.92 Å². The first-order chi connectivity index (χ1) is 10.1. The number of nitrogens with one attached hydrogen (secondary N) is 1. The second kappa shape index (κ2) is 6.65. The van der Waals surface area contributed by atoms with E-state index >= 15 is 0 Å². The molecule has 0 unspecified atom stereocenters. The first-order valence-electron chi connectivity index (χ1n) is 6.58. The highest BCUT2D eigenvalue weighted by Crippen LogP contribution is 2.09. The van der Waals surface area contributed by atoms with Gasteiger partial charge >= 0.3 is 0 Å². The van der Waals surface area contributed by atoms with Crippen molar-refractivity contribution in [2.45, 2.75) is 6.92 Å². The number of aryl methyl sites for hydroxylation is 1. The second-order valence-electron chi connectivity index (χ2n) is 4.81. The van der Waals surface area contributed by atoms with E-state index in [-0.39, 0.29) is 18.4 Å². The summed E-state index contributed by atoms with van der Waals surface area (Å²) < 4.78 is 0. The molecule has 1 aromatic carbocycles. The number of carbonyl (C=O) groups excluding carboxylic acids is 2. The number of amides is 2. The molecule has 5 nitrogen and oxygen atoms in total. The maximum absolute atomic E-state index is 12.1. The number of likely N-dealkylation sites (N-methyl/N-ethyl adjacent to an activating group) is 1. The largest absolute Gasteiger partial charge is 0.332 e. The SMILES string of the molecule is Cc1ccc(NC(=O)CN(C)C(=O)c2ccncc2)cc1. The van der Waals surface area contributed by atoms with Crippen LogP contribution in [0.4, 0.5) is 5.69 Å². The van der Waals surface area contributed by atoms with Crippen LogP contribution in [0.25, 0.3) is 0 Å². The van der Waals surface area contributed by atoms with Crippen molar-refractivity contribution < 1.29 is 9.59 Å². The standard InChI is InChI=1S/C16H17N3O2/c1-12-3-5-14(6-4-12)18-15(20)11-19(2)16(21)13-7-9-17-10-8-13/h3-10H,11H2,1-2H3,(H,18,20). The smallest absolute Gasteiger partial charge is 0.254 e. The van der Waals surface area contributed by atoms with Crippen LogP contribution in [0.5, 0.6) is 0 Å². The molecule has 0 atom stereocenters. The van der Waals surface area contributed by atoms with Gasteiger partial charge in [0.2, 0.25) is 5.91 Å². The number of aromatic nitrogens is 1. The Bertz CT molecular complexity index is 624. The molecule has 0 bridgehead atoms. The molecule has 2 amide bonds. The van der Waals surface area contributed by atoms with E-state index in [0.717, 1.165) is 11.3 Å². The lowest BCUT2D eigenvalue weighted by molar-refractivity contribution is -0.116. The predicted octanol–water partition coefficient (Wildman–Crippen LogP) is 2.10. The summed E-state index contributed by atoms with van der Waals surface area (Å²) in [7, 11) is 1.59. The maximum atomic E-state index is 12.1. The zero-order valence-corrected chi connectivity index (χ0v) is 12.0. The number of carbonyl (C=O) groups is 2. The maximum Gasteiger partial charge on any atom is 0.254 e. The number of benzene rings is 1. The Hall–Kier alpha value is -2.69. The number of rotatable bonds is 4. The average molecular weight is 283 g/mol. The molecule has 1 N–H and O–H groups in total. The Morgan fingerprint density at radius 1 is 1.10 bits per heavy atom. The number of pyridine rings is 1. The highest BCUT2D eigenvalue weighted by Gasteiger charge is 2.14. The quantitative estimate of drug-likeness (QED) is 0.934.